The number of morpholine rings is 1. The summed E-state index contributed by atoms with van der Waals surface area (Å²) in [5.41, 5.74) is 3.16. The van der Waals surface area contributed by atoms with Gasteiger partial charge in [-0.1, -0.05) is 12.1 Å². The first-order valence-corrected chi connectivity index (χ1v) is 12.8. The van der Waals surface area contributed by atoms with E-state index in [-0.39, 0.29) is 6.23 Å². The van der Waals surface area contributed by atoms with E-state index >= 15 is 0 Å². The Balaban J connectivity index is 1.37. The molecule has 1 atom stereocenters. The summed E-state index contributed by atoms with van der Waals surface area (Å²) in [6, 6.07) is 10.6. The molecule has 2 aliphatic rings. The zero-order chi connectivity index (χ0) is 23.1. The Labute approximate surface area is 202 Å². The van der Waals surface area contributed by atoms with Crippen LogP contribution >= 0.6 is 11.3 Å². The van der Waals surface area contributed by atoms with Crippen LogP contribution in [-0.4, -0.2) is 88.6 Å². The SMILES string of the molecule is CC(O)N1CCN(Cc2cc3nc(-c4cccc5[nH]ccc45)nc(N4CCOCC4)c3s2)CC1. The minimum Gasteiger partial charge on any atom is -0.379 e. The van der Waals surface area contributed by atoms with Crippen LogP contribution in [0.4, 0.5) is 5.82 Å². The van der Waals surface area contributed by atoms with Gasteiger partial charge in [0.05, 0.1) is 23.4 Å². The molecule has 0 bridgehead atoms. The van der Waals surface area contributed by atoms with Gasteiger partial charge in [-0.25, -0.2) is 9.97 Å². The predicted molar refractivity (Wildman–Crippen MR) is 136 cm³/mol. The Morgan fingerprint density at radius 3 is 2.71 bits per heavy atom. The van der Waals surface area contributed by atoms with Crippen molar-refractivity contribution in [1.29, 1.82) is 0 Å². The second kappa shape index (κ2) is 9.24. The van der Waals surface area contributed by atoms with E-state index in [0.29, 0.717) is 0 Å². The molecule has 0 spiro atoms. The Hall–Kier alpha value is -2.56. The average molecular weight is 479 g/mol. The molecule has 8 nitrogen and oxygen atoms in total. The molecule has 2 fully saturated rings. The second-order valence-corrected chi connectivity index (χ2v) is 10.2. The molecule has 5 heterocycles. The molecule has 34 heavy (non-hydrogen) atoms. The van der Waals surface area contributed by atoms with Gasteiger partial charge in [-0.3, -0.25) is 9.80 Å². The third kappa shape index (κ3) is 4.18. The molecular formula is C25H30N6O2S. The molecule has 2 N–H and O–H groups in total. The van der Waals surface area contributed by atoms with Crippen LogP contribution < -0.4 is 4.90 Å². The normalized spacial score (nSPS) is 19.3. The van der Waals surface area contributed by atoms with Crippen LogP contribution in [0.15, 0.2) is 36.5 Å². The lowest BCUT2D eigenvalue weighted by molar-refractivity contribution is -0.0140. The van der Waals surface area contributed by atoms with Gasteiger partial charge in [0.15, 0.2) is 11.6 Å². The predicted octanol–water partition coefficient (Wildman–Crippen LogP) is 3.13. The third-order valence-electron chi connectivity index (χ3n) is 6.87. The fourth-order valence-electron chi connectivity index (χ4n) is 4.95. The number of aromatic amines is 1. The average Bonchev–Trinajstić information content (AvgIpc) is 3.50. The molecule has 1 aromatic carbocycles. The van der Waals surface area contributed by atoms with Gasteiger partial charge in [-0.2, -0.15) is 0 Å². The maximum absolute atomic E-state index is 9.85. The lowest BCUT2D eigenvalue weighted by atomic mass is 10.1. The molecule has 178 valence electrons. The summed E-state index contributed by atoms with van der Waals surface area (Å²) in [6.07, 6.45) is 1.59. The van der Waals surface area contributed by atoms with E-state index in [4.69, 9.17) is 14.7 Å². The van der Waals surface area contributed by atoms with Crippen molar-refractivity contribution in [3.8, 4) is 11.4 Å². The minimum absolute atomic E-state index is 0.374. The van der Waals surface area contributed by atoms with Gasteiger partial charge >= 0.3 is 0 Å². The summed E-state index contributed by atoms with van der Waals surface area (Å²) < 4.78 is 6.77. The molecule has 6 rings (SSSR count). The number of anilines is 1. The number of H-pyrrole nitrogens is 1. The number of piperazine rings is 1. The standard InChI is InChI=1S/C25H30N6O2S/c1-17(32)30-9-7-29(8-10-30)16-18-15-22-23(34-18)25(31-11-13-33-14-12-31)28-24(27-22)20-3-2-4-21-19(20)5-6-26-21/h2-6,15,17,26,32H,7-14,16H2,1H3. The summed E-state index contributed by atoms with van der Waals surface area (Å²) in [6.45, 7) is 9.59. The number of nitrogens with zero attached hydrogens (tertiary/aromatic N) is 5. The summed E-state index contributed by atoms with van der Waals surface area (Å²) in [7, 11) is 0. The maximum Gasteiger partial charge on any atom is 0.162 e. The molecule has 1 unspecified atom stereocenters. The highest BCUT2D eigenvalue weighted by Gasteiger charge is 2.23. The monoisotopic (exact) mass is 478 g/mol. The number of nitrogens with one attached hydrogen (secondary N) is 1. The number of benzene rings is 1. The molecular weight excluding hydrogens is 448 g/mol. The number of aliphatic hydroxyl groups excluding tert-OH is 1. The molecule has 9 heteroatoms. The van der Waals surface area contributed by atoms with Crippen LogP contribution in [0.5, 0.6) is 0 Å². The highest BCUT2D eigenvalue weighted by molar-refractivity contribution is 7.19. The first kappa shape index (κ1) is 21.9. The molecule has 0 amide bonds. The first-order valence-electron chi connectivity index (χ1n) is 12.0. The van der Waals surface area contributed by atoms with E-state index < -0.39 is 0 Å². The fraction of sp³-hybridized carbons (Fsp3) is 0.440. The van der Waals surface area contributed by atoms with Crippen LogP contribution in [0.1, 0.15) is 11.8 Å². The summed E-state index contributed by atoms with van der Waals surface area (Å²) >= 11 is 1.81. The molecule has 0 aliphatic carbocycles. The second-order valence-electron chi connectivity index (χ2n) is 9.09. The number of rotatable bonds is 5. The zero-order valence-corrected chi connectivity index (χ0v) is 20.2. The van der Waals surface area contributed by atoms with Gasteiger partial charge in [0.2, 0.25) is 0 Å². The Morgan fingerprint density at radius 2 is 1.91 bits per heavy atom. The van der Waals surface area contributed by atoms with Gasteiger partial charge in [-0.15, -0.1) is 11.3 Å². The van der Waals surface area contributed by atoms with Crippen LogP contribution in [-0.2, 0) is 11.3 Å². The Morgan fingerprint density at radius 1 is 1.09 bits per heavy atom. The van der Waals surface area contributed by atoms with Crippen molar-refractivity contribution in [2.75, 3.05) is 57.4 Å². The highest BCUT2D eigenvalue weighted by atomic mass is 32.1. The number of aliphatic hydroxyl groups is 1. The van der Waals surface area contributed by atoms with Gasteiger partial charge < -0.3 is 19.7 Å². The maximum atomic E-state index is 9.85. The molecule has 2 aliphatic heterocycles. The van der Waals surface area contributed by atoms with E-state index in [0.717, 1.165) is 97.4 Å². The van der Waals surface area contributed by atoms with Crippen molar-refractivity contribution in [3.63, 3.8) is 0 Å². The van der Waals surface area contributed by atoms with Gasteiger partial charge in [0.1, 0.15) is 6.23 Å². The molecule has 0 saturated carbocycles. The molecule has 2 saturated heterocycles. The topological polar surface area (TPSA) is 80.8 Å². The number of ether oxygens (including phenoxy) is 1. The summed E-state index contributed by atoms with van der Waals surface area (Å²) in [4.78, 5) is 21.7. The van der Waals surface area contributed by atoms with Crippen molar-refractivity contribution in [2.45, 2.75) is 19.7 Å². The van der Waals surface area contributed by atoms with Crippen LogP contribution in [0, 0.1) is 0 Å². The van der Waals surface area contributed by atoms with E-state index in [1.165, 1.54) is 4.88 Å². The fourth-order valence-corrected chi connectivity index (χ4v) is 6.10. The zero-order valence-electron chi connectivity index (χ0n) is 19.4. The summed E-state index contributed by atoms with van der Waals surface area (Å²) in [5.74, 6) is 1.79. The van der Waals surface area contributed by atoms with Crippen molar-refractivity contribution in [3.05, 3.63) is 41.4 Å². The van der Waals surface area contributed by atoms with E-state index in [1.54, 1.807) is 0 Å². The van der Waals surface area contributed by atoms with Gasteiger partial charge in [0.25, 0.3) is 0 Å². The molecule has 4 aromatic rings. The van der Waals surface area contributed by atoms with E-state index in [2.05, 4.69) is 50.0 Å². The first-order chi connectivity index (χ1) is 16.7. The van der Waals surface area contributed by atoms with Gasteiger partial charge in [0, 0.05) is 73.4 Å². The van der Waals surface area contributed by atoms with Crippen molar-refractivity contribution >= 4 is 38.3 Å². The number of aromatic nitrogens is 3. The largest absolute Gasteiger partial charge is 0.379 e. The molecule has 0 radical (unpaired) electrons. The van der Waals surface area contributed by atoms with E-state index in [9.17, 15) is 5.11 Å². The van der Waals surface area contributed by atoms with Crippen molar-refractivity contribution < 1.29 is 9.84 Å². The summed E-state index contributed by atoms with van der Waals surface area (Å²) in [5, 5.41) is 11.0. The Bertz CT molecular complexity index is 1290. The smallest absolute Gasteiger partial charge is 0.162 e. The van der Waals surface area contributed by atoms with E-state index in [1.807, 2.05) is 24.5 Å². The van der Waals surface area contributed by atoms with Crippen molar-refractivity contribution in [1.82, 2.24) is 24.8 Å². The number of hydrogen-bond donors (Lipinski definition) is 2. The number of thiophene rings is 1. The third-order valence-corrected chi connectivity index (χ3v) is 7.97. The minimum atomic E-state index is -0.374. The number of hydrogen-bond acceptors (Lipinski definition) is 8. The van der Waals surface area contributed by atoms with Crippen LogP contribution in [0.25, 0.3) is 32.5 Å². The Kier molecular flexibility index (Phi) is 5.96. The lowest BCUT2D eigenvalue weighted by Crippen LogP contribution is -2.49. The quantitative estimate of drug-likeness (QED) is 0.456. The van der Waals surface area contributed by atoms with Crippen LogP contribution in [0.2, 0.25) is 0 Å². The van der Waals surface area contributed by atoms with Crippen molar-refractivity contribution in [2.24, 2.45) is 0 Å². The highest BCUT2D eigenvalue weighted by Crippen LogP contribution is 2.36. The van der Waals surface area contributed by atoms with Gasteiger partial charge in [-0.05, 0) is 25.1 Å². The number of fused-ring (bicyclic) bond motifs is 2. The lowest BCUT2D eigenvalue weighted by Gasteiger charge is -2.35. The van der Waals surface area contributed by atoms with Crippen LogP contribution in [0.3, 0.4) is 0 Å². The molecule has 3 aromatic heterocycles.